The number of likely N-dealkylation sites (N-methyl/N-ethyl adjacent to an activating group) is 1. The molecule has 30 heavy (non-hydrogen) atoms. The van der Waals surface area contributed by atoms with Crippen LogP contribution in [0.3, 0.4) is 0 Å². The number of amides is 3. The van der Waals surface area contributed by atoms with Crippen LogP contribution in [0.25, 0.3) is 0 Å². The van der Waals surface area contributed by atoms with Crippen molar-refractivity contribution in [2.45, 2.75) is 13.5 Å². The van der Waals surface area contributed by atoms with Gasteiger partial charge in [-0.05, 0) is 24.3 Å². The summed E-state index contributed by atoms with van der Waals surface area (Å²) < 4.78 is 5.52. The highest BCUT2D eigenvalue weighted by Crippen LogP contribution is 2.22. The number of halogens is 1. The van der Waals surface area contributed by atoms with Gasteiger partial charge in [-0.2, -0.15) is 0 Å². The summed E-state index contributed by atoms with van der Waals surface area (Å²) in [5.74, 6) is -0.872. The zero-order valence-electron chi connectivity index (χ0n) is 16.5. The molecule has 9 nitrogen and oxygen atoms in total. The van der Waals surface area contributed by atoms with Crippen LogP contribution in [0.4, 0.5) is 5.69 Å². The summed E-state index contributed by atoms with van der Waals surface area (Å²) in [6, 6.07) is 9.31. The van der Waals surface area contributed by atoms with E-state index >= 15 is 0 Å². The second-order valence-electron chi connectivity index (χ2n) is 6.29. The van der Waals surface area contributed by atoms with Gasteiger partial charge in [0.25, 0.3) is 11.8 Å². The fourth-order valence-electron chi connectivity index (χ4n) is 2.49. The smallest absolute Gasteiger partial charge is 0.257 e. The van der Waals surface area contributed by atoms with E-state index in [-0.39, 0.29) is 36.4 Å². The normalized spacial score (nSPS) is 10.1. The van der Waals surface area contributed by atoms with Crippen molar-refractivity contribution in [3.05, 3.63) is 58.1 Å². The quantitative estimate of drug-likeness (QED) is 0.318. The van der Waals surface area contributed by atoms with Crippen LogP contribution in [0, 0.1) is 5.41 Å². The number of carbonyl (C=O) groups excluding carboxylic acids is 3. The Bertz CT molecular complexity index is 993. The van der Waals surface area contributed by atoms with Gasteiger partial charge < -0.3 is 26.4 Å². The molecule has 3 amide bonds. The molecule has 10 heteroatoms. The molecule has 0 aliphatic heterocycles. The van der Waals surface area contributed by atoms with Crippen LogP contribution in [0.1, 0.15) is 28.4 Å². The van der Waals surface area contributed by atoms with Crippen LogP contribution < -0.4 is 26.4 Å². The highest BCUT2D eigenvalue weighted by molar-refractivity contribution is 6.31. The number of nitrogens with one attached hydrogen (secondary N) is 4. The number of rotatable bonds is 8. The summed E-state index contributed by atoms with van der Waals surface area (Å²) in [5.41, 5.74) is 7.19. The standard InChI is InChI=1S/C20H22ClN5O4/c1-11(27)26-16-6-14(5-15(21)8-16)20(29)25-9-13-4-3-12(19(22)23)7-17(13)30-10-18(28)24-2/h3-8H,9-10H2,1-2H3,(H3,22,23)(H,24,28)(H,25,29)(H,26,27). The highest BCUT2D eigenvalue weighted by Gasteiger charge is 2.13. The average Bonchev–Trinajstić information content (AvgIpc) is 2.69. The third kappa shape index (κ3) is 6.49. The molecule has 0 aliphatic carbocycles. The predicted octanol–water partition coefficient (Wildman–Crippen LogP) is 1.64. The molecule has 0 spiro atoms. The molecule has 0 bridgehead atoms. The van der Waals surface area contributed by atoms with E-state index in [2.05, 4.69) is 16.0 Å². The van der Waals surface area contributed by atoms with E-state index in [4.69, 9.17) is 27.5 Å². The molecule has 6 N–H and O–H groups in total. The average molecular weight is 432 g/mol. The first-order valence-corrected chi connectivity index (χ1v) is 9.24. The molecule has 0 radical (unpaired) electrons. The number of hydrogen-bond donors (Lipinski definition) is 5. The van der Waals surface area contributed by atoms with Crippen molar-refractivity contribution in [1.82, 2.24) is 10.6 Å². The molecule has 0 atom stereocenters. The van der Waals surface area contributed by atoms with Gasteiger partial charge in [0.15, 0.2) is 6.61 Å². The van der Waals surface area contributed by atoms with Gasteiger partial charge in [0, 0.05) is 47.9 Å². The summed E-state index contributed by atoms with van der Waals surface area (Å²) in [7, 11) is 1.49. The minimum absolute atomic E-state index is 0.0854. The molecule has 158 valence electrons. The van der Waals surface area contributed by atoms with Crippen LogP contribution >= 0.6 is 11.6 Å². The Morgan fingerprint density at radius 2 is 1.87 bits per heavy atom. The Balaban J connectivity index is 2.18. The Morgan fingerprint density at radius 1 is 1.13 bits per heavy atom. The maximum absolute atomic E-state index is 12.6. The Hall–Kier alpha value is -3.59. The minimum Gasteiger partial charge on any atom is -0.483 e. The van der Waals surface area contributed by atoms with Gasteiger partial charge in [-0.25, -0.2) is 0 Å². The van der Waals surface area contributed by atoms with Gasteiger partial charge in [0.1, 0.15) is 11.6 Å². The monoisotopic (exact) mass is 431 g/mol. The number of nitrogens with two attached hydrogens (primary N) is 1. The lowest BCUT2D eigenvalue weighted by Crippen LogP contribution is -2.26. The zero-order chi connectivity index (χ0) is 22.3. The first-order valence-electron chi connectivity index (χ1n) is 8.86. The summed E-state index contributed by atoms with van der Waals surface area (Å²) in [6.45, 7) is 1.21. The fourth-order valence-corrected chi connectivity index (χ4v) is 2.73. The lowest BCUT2D eigenvalue weighted by molar-refractivity contribution is -0.122. The van der Waals surface area contributed by atoms with Crippen molar-refractivity contribution >= 4 is 40.8 Å². The third-order valence-electron chi connectivity index (χ3n) is 3.94. The summed E-state index contributed by atoms with van der Waals surface area (Å²) in [5, 5.41) is 15.6. The molecular weight excluding hydrogens is 410 g/mol. The molecule has 0 fully saturated rings. The van der Waals surface area contributed by atoms with E-state index < -0.39 is 5.91 Å². The number of carbonyl (C=O) groups is 3. The van der Waals surface area contributed by atoms with E-state index in [1.807, 2.05) is 0 Å². The molecule has 0 unspecified atom stereocenters. The Morgan fingerprint density at radius 3 is 2.50 bits per heavy atom. The van der Waals surface area contributed by atoms with Gasteiger partial charge in [-0.1, -0.05) is 23.7 Å². The number of amidine groups is 1. The first kappa shape index (κ1) is 22.7. The maximum atomic E-state index is 12.6. The van der Waals surface area contributed by atoms with Gasteiger partial charge in [0.05, 0.1) is 0 Å². The van der Waals surface area contributed by atoms with Crippen molar-refractivity contribution < 1.29 is 19.1 Å². The van der Waals surface area contributed by atoms with E-state index in [9.17, 15) is 14.4 Å². The fraction of sp³-hybridized carbons (Fsp3) is 0.200. The van der Waals surface area contributed by atoms with Crippen LogP contribution in [0.5, 0.6) is 5.75 Å². The van der Waals surface area contributed by atoms with Crippen molar-refractivity contribution in [3.63, 3.8) is 0 Å². The van der Waals surface area contributed by atoms with E-state index in [0.717, 1.165) is 0 Å². The SMILES string of the molecule is CNC(=O)COc1cc(C(=N)N)ccc1CNC(=O)c1cc(Cl)cc(NC(C)=O)c1. The molecule has 0 saturated carbocycles. The molecule has 0 aromatic heterocycles. The van der Waals surface area contributed by atoms with Crippen molar-refractivity contribution in [3.8, 4) is 5.75 Å². The summed E-state index contributed by atoms with van der Waals surface area (Å²) in [6.07, 6.45) is 0. The number of ether oxygens (including phenoxy) is 1. The second kappa shape index (κ2) is 10.3. The molecule has 2 aromatic rings. The van der Waals surface area contributed by atoms with Crippen LogP contribution in [0.2, 0.25) is 5.02 Å². The molecule has 0 saturated heterocycles. The van der Waals surface area contributed by atoms with Gasteiger partial charge in [0.2, 0.25) is 5.91 Å². The largest absolute Gasteiger partial charge is 0.483 e. The first-order chi connectivity index (χ1) is 14.2. The molecule has 2 aromatic carbocycles. The summed E-state index contributed by atoms with van der Waals surface area (Å²) >= 11 is 6.03. The Kier molecular flexibility index (Phi) is 7.76. The number of hydrogen-bond acceptors (Lipinski definition) is 5. The Labute approximate surface area is 178 Å². The van der Waals surface area contributed by atoms with E-state index in [1.54, 1.807) is 12.1 Å². The van der Waals surface area contributed by atoms with Crippen molar-refractivity contribution in [1.29, 1.82) is 5.41 Å². The topological polar surface area (TPSA) is 146 Å². The summed E-state index contributed by atoms with van der Waals surface area (Å²) in [4.78, 5) is 35.3. The van der Waals surface area contributed by atoms with Crippen LogP contribution in [-0.4, -0.2) is 37.2 Å². The van der Waals surface area contributed by atoms with Crippen molar-refractivity contribution in [2.24, 2.45) is 5.73 Å². The lowest BCUT2D eigenvalue weighted by Gasteiger charge is -2.14. The lowest BCUT2D eigenvalue weighted by atomic mass is 10.1. The number of benzene rings is 2. The maximum Gasteiger partial charge on any atom is 0.257 e. The predicted molar refractivity (Wildman–Crippen MR) is 114 cm³/mol. The van der Waals surface area contributed by atoms with Gasteiger partial charge in [-0.3, -0.25) is 19.8 Å². The van der Waals surface area contributed by atoms with E-state index in [0.29, 0.717) is 27.6 Å². The minimum atomic E-state index is -0.419. The zero-order valence-corrected chi connectivity index (χ0v) is 17.2. The highest BCUT2D eigenvalue weighted by atomic mass is 35.5. The molecular formula is C20H22ClN5O4. The molecule has 0 aliphatic rings. The molecule has 2 rings (SSSR count). The van der Waals surface area contributed by atoms with Crippen molar-refractivity contribution in [2.75, 3.05) is 19.0 Å². The van der Waals surface area contributed by atoms with Crippen LogP contribution in [0.15, 0.2) is 36.4 Å². The number of nitrogen functional groups attached to an aromatic ring is 1. The van der Waals surface area contributed by atoms with Crippen LogP contribution in [-0.2, 0) is 16.1 Å². The third-order valence-corrected chi connectivity index (χ3v) is 4.15. The van der Waals surface area contributed by atoms with E-state index in [1.165, 1.54) is 38.2 Å². The number of anilines is 1. The second-order valence-corrected chi connectivity index (χ2v) is 6.73. The van der Waals surface area contributed by atoms with Gasteiger partial charge in [-0.15, -0.1) is 0 Å². The van der Waals surface area contributed by atoms with Gasteiger partial charge >= 0.3 is 0 Å². The molecule has 0 heterocycles.